The van der Waals surface area contributed by atoms with Crippen LogP contribution in [0.15, 0.2) is 65.7 Å². The topological polar surface area (TPSA) is 59.9 Å². The van der Waals surface area contributed by atoms with Crippen molar-refractivity contribution in [2.75, 3.05) is 13.2 Å². The standard InChI is InChI=1S/C19H23N2O3P/c1-16(18-11-7-4-8-12-18)21-25(22)23-14-19(2,15-24-25)20-13-17-9-5-3-6-10-17/h3-13,16H,14-15H2,1-2H3,(H,21,22). The van der Waals surface area contributed by atoms with E-state index >= 15 is 0 Å². The van der Waals surface area contributed by atoms with E-state index in [0.29, 0.717) is 0 Å². The monoisotopic (exact) mass is 358 g/mol. The zero-order chi connectivity index (χ0) is 17.8. The number of aliphatic imine (C=N–C) groups is 1. The van der Waals surface area contributed by atoms with Crippen molar-refractivity contribution in [3.05, 3.63) is 71.8 Å². The van der Waals surface area contributed by atoms with Gasteiger partial charge in [0.1, 0.15) is 5.54 Å². The second-order valence-electron chi connectivity index (χ2n) is 6.47. The molecule has 1 N–H and O–H groups in total. The Morgan fingerprint density at radius 2 is 1.64 bits per heavy atom. The molecule has 1 heterocycles. The summed E-state index contributed by atoms with van der Waals surface area (Å²) in [6.07, 6.45) is 1.79. The maximum atomic E-state index is 12.8. The highest BCUT2D eigenvalue weighted by Gasteiger charge is 2.40. The summed E-state index contributed by atoms with van der Waals surface area (Å²) in [6, 6.07) is 19.5. The van der Waals surface area contributed by atoms with E-state index in [9.17, 15) is 4.57 Å². The van der Waals surface area contributed by atoms with Gasteiger partial charge in [0.25, 0.3) is 0 Å². The molecule has 132 valence electrons. The zero-order valence-electron chi connectivity index (χ0n) is 14.5. The molecule has 5 nitrogen and oxygen atoms in total. The molecule has 6 heteroatoms. The largest absolute Gasteiger partial charge is 0.406 e. The van der Waals surface area contributed by atoms with Crippen LogP contribution in [0.4, 0.5) is 0 Å². The second-order valence-corrected chi connectivity index (χ2v) is 8.24. The summed E-state index contributed by atoms with van der Waals surface area (Å²) in [5.41, 5.74) is 1.48. The maximum absolute atomic E-state index is 12.8. The fourth-order valence-electron chi connectivity index (χ4n) is 2.50. The molecule has 0 aliphatic carbocycles. The van der Waals surface area contributed by atoms with Crippen LogP contribution in [0.5, 0.6) is 0 Å². The highest BCUT2D eigenvalue weighted by molar-refractivity contribution is 7.51. The van der Waals surface area contributed by atoms with Gasteiger partial charge >= 0.3 is 7.75 Å². The normalized spacial score (nSPS) is 28.1. The second kappa shape index (κ2) is 7.63. The maximum Gasteiger partial charge on any atom is 0.406 e. The lowest BCUT2D eigenvalue weighted by Gasteiger charge is -2.35. The van der Waals surface area contributed by atoms with Gasteiger partial charge in [-0.25, -0.2) is 9.65 Å². The molecule has 1 aliphatic heterocycles. The van der Waals surface area contributed by atoms with Crippen molar-refractivity contribution in [1.82, 2.24) is 5.09 Å². The molecule has 1 saturated heterocycles. The summed E-state index contributed by atoms with van der Waals surface area (Å²) >= 11 is 0. The van der Waals surface area contributed by atoms with E-state index in [1.165, 1.54) is 0 Å². The molecule has 25 heavy (non-hydrogen) atoms. The lowest BCUT2D eigenvalue weighted by molar-refractivity contribution is 0.0758. The first-order valence-corrected chi connectivity index (χ1v) is 9.84. The van der Waals surface area contributed by atoms with Gasteiger partial charge in [0.15, 0.2) is 0 Å². The highest BCUT2D eigenvalue weighted by atomic mass is 31.2. The fraction of sp³-hybridized carbons (Fsp3) is 0.316. The first-order chi connectivity index (χ1) is 12.0. The van der Waals surface area contributed by atoms with Crippen LogP contribution in [0.3, 0.4) is 0 Å². The van der Waals surface area contributed by atoms with Gasteiger partial charge in [-0.05, 0) is 25.0 Å². The Kier molecular flexibility index (Phi) is 5.50. The van der Waals surface area contributed by atoms with Crippen molar-refractivity contribution >= 4 is 14.0 Å². The number of hydrogen-bond donors (Lipinski definition) is 1. The Hall–Kier alpha value is -1.78. The van der Waals surface area contributed by atoms with Crippen LogP contribution >= 0.6 is 7.75 Å². The summed E-state index contributed by atoms with van der Waals surface area (Å²) in [5, 5.41) is 2.98. The molecule has 0 saturated carbocycles. The lowest BCUT2D eigenvalue weighted by Crippen LogP contribution is -2.40. The van der Waals surface area contributed by atoms with Crippen molar-refractivity contribution in [3.63, 3.8) is 0 Å². The summed E-state index contributed by atoms with van der Waals surface area (Å²) < 4.78 is 23.9. The first-order valence-electron chi connectivity index (χ1n) is 8.30. The van der Waals surface area contributed by atoms with Gasteiger partial charge in [0.2, 0.25) is 0 Å². The fourth-order valence-corrected chi connectivity index (χ4v) is 4.24. The van der Waals surface area contributed by atoms with Crippen molar-refractivity contribution in [3.8, 4) is 0 Å². The van der Waals surface area contributed by atoms with Gasteiger partial charge in [0.05, 0.1) is 13.2 Å². The Balaban J connectivity index is 1.60. The van der Waals surface area contributed by atoms with Gasteiger partial charge < -0.3 is 0 Å². The Labute approximate surface area is 148 Å². The van der Waals surface area contributed by atoms with Crippen LogP contribution < -0.4 is 5.09 Å². The summed E-state index contributed by atoms with van der Waals surface area (Å²) in [6.45, 7) is 4.34. The molecule has 2 aromatic rings. The quantitative estimate of drug-likeness (QED) is 0.637. The van der Waals surface area contributed by atoms with Crippen molar-refractivity contribution in [1.29, 1.82) is 0 Å². The summed E-state index contributed by atoms with van der Waals surface area (Å²) in [4.78, 5) is 4.56. The first kappa shape index (κ1) is 18.0. The van der Waals surface area contributed by atoms with Crippen LogP contribution in [-0.4, -0.2) is 25.0 Å². The molecular weight excluding hydrogens is 335 g/mol. The van der Waals surface area contributed by atoms with E-state index in [2.05, 4.69) is 10.1 Å². The highest BCUT2D eigenvalue weighted by Crippen LogP contribution is 2.50. The van der Waals surface area contributed by atoms with Gasteiger partial charge in [0, 0.05) is 12.3 Å². The molecule has 1 fully saturated rings. The minimum Gasteiger partial charge on any atom is -0.294 e. The third kappa shape index (κ3) is 4.86. The van der Waals surface area contributed by atoms with E-state index < -0.39 is 13.3 Å². The molecule has 0 aromatic heterocycles. The molecular formula is C19H23N2O3P. The van der Waals surface area contributed by atoms with Crippen LogP contribution in [-0.2, 0) is 13.6 Å². The third-order valence-corrected chi connectivity index (χ3v) is 5.71. The van der Waals surface area contributed by atoms with Crippen LogP contribution in [0.25, 0.3) is 0 Å². The molecule has 1 unspecified atom stereocenters. The SMILES string of the molecule is CC(NP1(=O)OCC(C)(N=Cc2ccccc2)CO1)c1ccccc1. The minimum atomic E-state index is -3.33. The van der Waals surface area contributed by atoms with Crippen molar-refractivity contribution in [2.24, 2.45) is 4.99 Å². The Morgan fingerprint density at radius 3 is 2.24 bits per heavy atom. The van der Waals surface area contributed by atoms with E-state index in [0.717, 1.165) is 11.1 Å². The Bertz CT molecular complexity index is 753. The van der Waals surface area contributed by atoms with E-state index in [4.69, 9.17) is 9.05 Å². The molecule has 0 radical (unpaired) electrons. The predicted octanol–water partition coefficient (Wildman–Crippen LogP) is 4.37. The average molecular weight is 358 g/mol. The Morgan fingerprint density at radius 1 is 1.08 bits per heavy atom. The van der Waals surface area contributed by atoms with E-state index in [-0.39, 0.29) is 19.3 Å². The van der Waals surface area contributed by atoms with Crippen molar-refractivity contribution < 1.29 is 13.6 Å². The van der Waals surface area contributed by atoms with Crippen LogP contribution in [0.2, 0.25) is 0 Å². The molecule has 1 atom stereocenters. The number of hydrogen-bond acceptors (Lipinski definition) is 4. The number of nitrogens with zero attached hydrogens (tertiary/aromatic N) is 1. The van der Waals surface area contributed by atoms with Crippen molar-refractivity contribution in [2.45, 2.75) is 25.4 Å². The smallest absolute Gasteiger partial charge is 0.294 e. The zero-order valence-corrected chi connectivity index (χ0v) is 15.4. The van der Waals surface area contributed by atoms with Crippen LogP contribution in [0.1, 0.15) is 31.0 Å². The molecule has 1 aliphatic rings. The summed E-state index contributed by atoms with van der Waals surface area (Å²) in [7, 11) is -3.33. The van der Waals surface area contributed by atoms with Gasteiger partial charge in [-0.3, -0.25) is 14.0 Å². The summed E-state index contributed by atoms with van der Waals surface area (Å²) in [5.74, 6) is 0. The lowest BCUT2D eigenvalue weighted by atomic mass is 10.1. The third-order valence-electron chi connectivity index (χ3n) is 4.07. The molecule has 0 bridgehead atoms. The van der Waals surface area contributed by atoms with Gasteiger partial charge in [-0.1, -0.05) is 60.7 Å². The van der Waals surface area contributed by atoms with Gasteiger partial charge in [-0.15, -0.1) is 0 Å². The number of rotatable bonds is 5. The van der Waals surface area contributed by atoms with E-state index in [1.807, 2.05) is 74.5 Å². The molecule has 0 spiro atoms. The number of nitrogens with one attached hydrogen (secondary N) is 1. The number of benzene rings is 2. The van der Waals surface area contributed by atoms with Gasteiger partial charge in [-0.2, -0.15) is 0 Å². The average Bonchev–Trinajstić information content (AvgIpc) is 2.65. The predicted molar refractivity (Wildman–Crippen MR) is 99.9 cm³/mol. The van der Waals surface area contributed by atoms with Crippen LogP contribution in [0, 0.1) is 0 Å². The molecule has 3 rings (SSSR count). The molecule has 2 aromatic carbocycles. The minimum absolute atomic E-state index is 0.135. The van der Waals surface area contributed by atoms with E-state index in [1.54, 1.807) is 6.21 Å². The molecule has 0 amide bonds.